The zero-order chi connectivity index (χ0) is 87.7. The smallest absolute Gasteiger partial charge is 0.245 e. The number of ether oxygens (including phenoxy) is 5. The number of benzene rings is 7. The molecule has 13 rings (SSSR count). The van der Waals surface area contributed by atoms with Crippen LogP contribution in [-0.2, 0) is 86.9 Å². The van der Waals surface area contributed by atoms with Gasteiger partial charge in [0.05, 0.1) is 58.1 Å². The van der Waals surface area contributed by atoms with Gasteiger partial charge in [0, 0.05) is 45.1 Å². The van der Waals surface area contributed by atoms with E-state index in [0.717, 1.165) is 27.8 Å². The third kappa shape index (κ3) is 22.2. The first-order valence-corrected chi connectivity index (χ1v) is 41.4. The fourth-order valence-corrected chi connectivity index (χ4v) is 16.4. The Morgan fingerprint density at radius 1 is 0.411 bits per heavy atom. The molecule has 0 saturated carbocycles. The van der Waals surface area contributed by atoms with E-state index in [4.69, 9.17) is 33.7 Å². The molecule has 0 bridgehead atoms. The molecule has 18 N–H and O–H groups in total. The lowest BCUT2D eigenvalue weighted by atomic mass is 9.92. The van der Waals surface area contributed by atoms with Crippen molar-refractivity contribution in [2.45, 2.75) is 199 Å². The van der Waals surface area contributed by atoms with Gasteiger partial charge in [-0.2, -0.15) is 0 Å². The zero-order valence-electron chi connectivity index (χ0n) is 68.1. The van der Waals surface area contributed by atoms with Gasteiger partial charge in [0.2, 0.25) is 41.7 Å². The summed E-state index contributed by atoms with van der Waals surface area (Å²) in [5.41, 5.74) is 5.00. The van der Waals surface area contributed by atoms with E-state index >= 15 is 19.2 Å². The van der Waals surface area contributed by atoms with Gasteiger partial charge < -0.3 is 136 Å². The van der Waals surface area contributed by atoms with Crippen molar-refractivity contribution in [2.24, 2.45) is 9.98 Å². The number of carbonyl (C=O) groups is 6. The highest BCUT2D eigenvalue weighted by Crippen LogP contribution is 2.36. The van der Waals surface area contributed by atoms with Gasteiger partial charge >= 0.3 is 0 Å². The molecule has 6 heterocycles. The molecule has 35 nitrogen and oxygen atoms in total. The van der Waals surface area contributed by atoms with Crippen LogP contribution in [0.5, 0.6) is 5.75 Å². The van der Waals surface area contributed by atoms with Crippen LogP contribution in [0.25, 0.3) is 0 Å². The monoisotopic (exact) mass is 1710 g/mol. The topological polar surface area (TPSA) is 501 Å². The molecule has 6 aliphatic heterocycles. The van der Waals surface area contributed by atoms with Gasteiger partial charge in [-0.25, -0.2) is 9.98 Å². The zero-order valence-corrected chi connectivity index (χ0v) is 68.1. The molecule has 0 radical (unpaired) electrons. The van der Waals surface area contributed by atoms with E-state index in [1.54, 1.807) is 37.3 Å². The Morgan fingerprint density at radius 2 is 0.855 bits per heavy atom. The van der Waals surface area contributed by atoms with Crippen molar-refractivity contribution in [3.05, 3.63) is 245 Å². The third-order valence-corrected chi connectivity index (χ3v) is 23.2. The molecule has 124 heavy (non-hydrogen) atoms. The number of hydrogen-bond acceptors (Lipinski definition) is 25. The molecule has 6 amide bonds. The van der Waals surface area contributed by atoms with Crippen molar-refractivity contribution in [1.82, 2.24) is 51.5 Å². The Labute approximate surface area is 715 Å². The van der Waals surface area contributed by atoms with E-state index in [9.17, 15) is 70.9 Å². The number of guanidine groups is 2. The SMILES string of the molecule is CC(c1ccccc1)[C@@H]1NC(=O)CNC(=O)[C@H](CO)NC(=O)[C@@H](CC2CN(Cc3ccccc3)C(=NCc3ccccc3)N2[C@H]2O[C@H](CO)[C@@H](O)[C@H](O)[C@@H]2O)NC(=O)[C@H](CC2CN(Cc3ccccc3)C(=NCc3ccccc3)N2Cc2ccccc2)NC(=O)[C@@H](Cc2ccc(O[C@H]3O[C@H](CO)[C@@H](O[C@H]4O[C@H](CO)[C@@H](O)[C@H](O)[C@@H]4O)[C@H](O)[C@@H]3O)cc2)NC1=O. The van der Waals surface area contributed by atoms with Crippen LogP contribution in [0, 0.1) is 0 Å². The Morgan fingerprint density at radius 3 is 1.40 bits per heavy atom. The van der Waals surface area contributed by atoms with E-state index in [-0.39, 0.29) is 57.4 Å². The highest BCUT2D eigenvalue weighted by molar-refractivity contribution is 5.98. The van der Waals surface area contributed by atoms with Crippen molar-refractivity contribution >= 4 is 47.4 Å². The van der Waals surface area contributed by atoms with Crippen molar-refractivity contribution in [3.8, 4) is 5.75 Å². The lowest BCUT2D eigenvalue weighted by Crippen LogP contribution is -2.65. The van der Waals surface area contributed by atoms with Crippen molar-refractivity contribution in [2.75, 3.05) is 46.1 Å². The number of hydrogen-bond donors (Lipinski definition) is 18. The van der Waals surface area contributed by atoms with Gasteiger partial charge in [-0.1, -0.05) is 201 Å². The Kier molecular flexibility index (Phi) is 31.2. The summed E-state index contributed by atoms with van der Waals surface area (Å²) in [6.07, 6.45) is -27.5. The molecule has 0 spiro atoms. The largest absolute Gasteiger partial charge is 0.462 e. The Balaban J connectivity index is 0.904. The minimum atomic E-state index is -1.95. The molecule has 6 fully saturated rings. The van der Waals surface area contributed by atoms with Gasteiger partial charge in [-0.3, -0.25) is 28.8 Å². The molecule has 23 atom stereocenters. The van der Waals surface area contributed by atoms with Crippen LogP contribution in [0.15, 0.2) is 216 Å². The molecular formula is C89H108N12O23. The van der Waals surface area contributed by atoms with Crippen LogP contribution in [0.3, 0.4) is 0 Å². The maximum Gasteiger partial charge on any atom is 0.245 e. The number of rotatable bonds is 27. The molecule has 3 unspecified atom stereocenters. The number of aliphatic hydroxyl groups excluding tert-OH is 12. The summed E-state index contributed by atoms with van der Waals surface area (Å²) in [6.45, 7) is -1.80. The van der Waals surface area contributed by atoms with E-state index in [1.165, 1.54) is 29.2 Å². The first kappa shape index (κ1) is 90.8. The summed E-state index contributed by atoms with van der Waals surface area (Å²) in [7, 11) is 0. The predicted octanol–water partition coefficient (Wildman–Crippen LogP) is -2.15. The second-order valence-corrected chi connectivity index (χ2v) is 31.8. The van der Waals surface area contributed by atoms with E-state index in [2.05, 4.69) is 36.8 Å². The Bertz CT molecular complexity index is 4700. The van der Waals surface area contributed by atoms with Crippen molar-refractivity contribution < 1.29 is 114 Å². The number of nitrogens with zero attached hydrogens (tertiary/aromatic N) is 6. The second kappa shape index (κ2) is 42.6. The van der Waals surface area contributed by atoms with E-state index < -0.39 is 222 Å². The second-order valence-electron chi connectivity index (χ2n) is 31.8. The number of amides is 6. The minimum Gasteiger partial charge on any atom is -0.462 e. The number of aliphatic hydroxyl groups is 12. The van der Waals surface area contributed by atoms with Crippen LogP contribution < -0.4 is 36.6 Å². The van der Waals surface area contributed by atoms with Gasteiger partial charge in [0.25, 0.3) is 0 Å². The average Bonchev–Trinajstić information content (AvgIpc) is 1.58. The van der Waals surface area contributed by atoms with Crippen molar-refractivity contribution in [3.63, 3.8) is 0 Å². The molecule has 7 aromatic carbocycles. The maximum absolute atomic E-state index is 16.7. The van der Waals surface area contributed by atoms with Crippen LogP contribution in [-0.4, -0.2) is 309 Å². The van der Waals surface area contributed by atoms with E-state index in [0.29, 0.717) is 23.6 Å². The highest BCUT2D eigenvalue weighted by atomic mass is 16.7. The summed E-state index contributed by atoms with van der Waals surface area (Å²) in [6, 6.07) is 51.0. The summed E-state index contributed by atoms with van der Waals surface area (Å²) in [4.78, 5) is 112. The van der Waals surface area contributed by atoms with Gasteiger partial charge in [-0.15, -0.1) is 0 Å². The average molecular weight is 1710 g/mol. The van der Waals surface area contributed by atoms with Crippen LogP contribution >= 0.6 is 0 Å². The number of aliphatic imine (C=N–C) groups is 2. The fraction of sp³-hybridized carbons (Fsp3) is 0.438. The maximum atomic E-state index is 16.7. The summed E-state index contributed by atoms with van der Waals surface area (Å²) < 4.78 is 29.6. The summed E-state index contributed by atoms with van der Waals surface area (Å²) in [5.74, 6) is -6.18. The van der Waals surface area contributed by atoms with E-state index in [1.807, 2.05) is 161 Å². The number of nitrogens with one attached hydrogen (secondary N) is 6. The first-order chi connectivity index (χ1) is 60.0. The molecule has 7 aromatic rings. The number of carbonyl (C=O) groups excluding carboxylic acids is 6. The van der Waals surface area contributed by atoms with Crippen LogP contribution in [0.2, 0.25) is 0 Å². The third-order valence-electron chi connectivity index (χ3n) is 23.2. The molecule has 6 aliphatic rings. The molecule has 0 aromatic heterocycles. The predicted molar refractivity (Wildman–Crippen MR) is 445 cm³/mol. The summed E-state index contributed by atoms with van der Waals surface area (Å²) in [5, 5.41) is 149. The highest BCUT2D eigenvalue weighted by Gasteiger charge is 2.54. The standard InChI is InChI=1S/C89H108N12O23/c1-51(58-30-18-7-19-31-58)70-84(119)95-62(36-52-32-34-61(35-33-52)120-86-78(114)75(111)79(68(50-105)123-86)124-87-77(113)74(110)72(108)67(49-104)122-87)81(116)93-63(37-59-45-98(42-55-24-12-4-13-25-55)88(91-39-53-20-8-2-9-21-53)100(59)44-57-28-16-6-17-29-57)82(117)94-64(83(118)96-65(47-102)80(115)90-41-69(106)97-70)38-60-46-99(43-56-26-14-5-15-27-56)89(92-40-54-22-10-3-11-23-54)101(60)85-76(112)73(109)71(107)66(48-103)121-85/h2-35,51,59-60,62-68,70-79,85-87,102-105,107-114H,36-50H2,1H3,(H,90,115)(H,93,116)(H,94,117)(H,95,119)(H,96,118)(H,97,106)/t51?,59?,60?,62-,63+,64-,65+,66-,67-,68-,70+,71-,72-,73+,74+,75-,76+,77+,78+,79-,85+,86+,87-/m1/s1. The summed E-state index contributed by atoms with van der Waals surface area (Å²) >= 11 is 0. The molecular weight excluding hydrogens is 1610 g/mol. The quantitative estimate of drug-likeness (QED) is 0.0261. The molecule has 35 heteroatoms. The first-order valence-electron chi connectivity index (χ1n) is 41.4. The van der Waals surface area contributed by atoms with Crippen LogP contribution in [0.1, 0.15) is 64.6 Å². The fourth-order valence-electron chi connectivity index (χ4n) is 16.4. The lowest BCUT2D eigenvalue weighted by molar-refractivity contribution is -0.352. The molecule has 662 valence electrons. The van der Waals surface area contributed by atoms with Crippen LogP contribution in [0.4, 0.5) is 0 Å². The normalized spacial score (nSPS) is 30.9. The molecule has 0 aliphatic carbocycles. The van der Waals surface area contributed by atoms with Gasteiger partial charge in [0.15, 0.2) is 24.4 Å². The van der Waals surface area contributed by atoms with Crippen molar-refractivity contribution in [1.29, 1.82) is 0 Å². The van der Waals surface area contributed by atoms with Gasteiger partial charge in [-0.05, 0) is 63.9 Å². The van der Waals surface area contributed by atoms with Gasteiger partial charge in [0.1, 0.15) is 109 Å². The lowest BCUT2D eigenvalue weighted by Gasteiger charge is -2.45. The minimum absolute atomic E-state index is 0.0199. The molecule has 6 saturated heterocycles. The Hall–Kier alpha value is -10.9.